The van der Waals surface area contributed by atoms with Gasteiger partial charge in [0.15, 0.2) is 6.10 Å². The molecule has 0 aliphatic rings. The van der Waals surface area contributed by atoms with Gasteiger partial charge in [0.25, 0.3) is 0 Å². The molecule has 0 radical (unpaired) electrons. The Hall–Kier alpha value is -1.89. The molecule has 7 nitrogen and oxygen atoms in total. The highest BCUT2D eigenvalue weighted by molar-refractivity contribution is 5.84. The highest BCUT2D eigenvalue weighted by Crippen LogP contribution is 1.99. The van der Waals surface area contributed by atoms with Gasteiger partial charge in [0, 0.05) is 13.3 Å². The number of nitrogens with one attached hydrogen (secondary N) is 1. The van der Waals surface area contributed by atoms with Gasteiger partial charge in [-0.25, -0.2) is 9.59 Å². The van der Waals surface area contributed by atoms with Gasteiger partial charge in [-0.05, 0) is 0 Å². The van der Waals surface area contributed by atoms with Crippen LogP contribution in [0, 0.1) is 0 Å². The van der Waals surface area contributed by atoms with Crippen molar-refractivity contribution in [2.45, 2.75) is 25.5 Å². The molecule has 102 valence electrons. The van der Waals surface area contributed by atoms with E-state index in [0.717, 1.165) is 7.11 Å². The maximum Gasteiger partial charge on any atom is 0.335 e. The largest absolute Gasteiger partial charge is 0.467 e. The van der Waals surface area contributed by atoms with Crippen LogP contribution in [0.15, 0.2) is 12.2 Å². The number of aliphatic hydroxyl groups excluding tert-OH is 1. The third-order valence-corrected chi connectivity index (χ3v) is 1.98. The summed E-state index contributed by atoms with van der Waals surface area (Å²) in [6, 6.07) is -0.947. The number of ether oxygens (including phenoxy) is 2. The van der Waals surface area contributed by atoms with Crippen LogP contribution in [0.2, 0.25) is 0 Å². The summed E-state index contributed by atoms with van der Waals surface area (Å²) in [4.78, 5) is 33.0. The Morgan fingerprint density at radius 3 is 2.22 bits per heavy atom. The van der Waals surface area contributed by atoms with Gasteiger partial charge in [0.05, 0.1) is 14.2 Å². The van der Waals surface area contributed by atoms with Gasteiger partial charge in [-0.2, -0.15) is 0 Å². The van der Waals surface area contributed by atoms with Crippen LogP contribution in [-0.4, -0.2) is 49.3 Å². The molecular weight excluding hydrogens is 242 g/mol. The molecule has 0 unspecified atom stereocenters. The first-order valence-electron chi connectivity index (χ1n) is 5.19. The van der Waals surface area contributed by atoms with E-state index in [9.17, 15) is 19.5 Å². The van der Waals surface area contributed by atoms with Crippen LogP contribution >= 0.6 is 0 Å². The van der Waals surface area contributed by atoms with Crippen molar-refractivity contribution in [2.75, 3.05) is 14.2 Å². The first kappa shape index (κ1) is 16.1. The second-order valence-corrected chi connectivity index (χ2v) is 3.40. The lowest BCUT2D eigenvalue weighted by atomic mass is 10.2. The number of aliphatic hydroxyl groups is 1. The van der Waals surface area contributed by atoms with Crippen molar-refractivity contribution in [1.29, 1.82) is 0 Å². The molecule has 0 rings (SSSR count). The quantitative estimate of drug-likeness (QED) is 0.475. The van der Waals surface area contributed by atoms with Crippen molar-refractivity contribution >= 4 is 17.8 Å². The molecule has 0 aromatic carbocycles. The van der Waals surface area contributed by atoms with Crippen LogP contribution in [0.25, 0.3) is 0 Å². The van der Waals surface area contributed by atoms with Gasteiger partial charge in [-0.3, -0.25) is 4.79 Å². The Labute approximate surface area is 105 Å². The minimum atomic E-state index is -1.30. The van der Waals surface area contributed by atoms with E-state index in [2.05, 4.69) is 14.8 Å². The summed E-state index contributed by atoms with van der Waals surface area (Å²) in [6.45, 7) is 1.26. The lowest BCUT2D eigenvalue weighted by Crippen LogP contribution is -2.38. The zero-order valence-corrected chi connectivity index (χ0v) is 10.5. The van der Waals surface area contributed by atoms with Gasteiger partial charge in [-0.15, -0.1) is 0 Å². The van der Waals surface area contributed by atoms with E-state index in [4.69, 9.17) is 0 Å². The molecule has 2 atom stereocenters. The fourth-order valence-electron chi connectivity index (χ4n) is 1.11. The molecule has 1 amide bonds. The average Bonchev–Trinajstić information content (AvgIpc) is 2.34. The summed E-state index contributed by atoms with van der Waals surface area (Å²) in [5.41, 5.74) is 0. The van der Waals surface area contributed by atoms with Crippen LogP contribution in [0.1, 0.15) is 13.3 Å². The number of carbonyl (C=O) groups excluding carboxylic acids is 3. The number of hydrogen-bond acceptors (Lipinski definition) is 6. The molecule has 0 saturated carbocycles. The monoisotopic (exact) mass is 259 g/mol. The Balaban J connectivity index is 4.44. The first-order valence-corrected chi connectivity index (χ1v) is 5.19. The summed E-state index contributed by atoms with van der Waals surface area (Å²) in [7, 11) is 2.35. The van der Waals surface area contributed by atoms with Crippen LogP contribution in [0.3, 0.4) is 0 Å². The van der Waals surface area contributed by atoms with E-state index < -0.39 is 30.0 Å². The first-order chi connectivity index (χ1) is 8.42. The Kier molecular flexibility index (Phi) is 7.37. The molecular formula is C11H17NO6. The van der Waals surface area contributed by atoms with Gasteiger partial charge >= 0.3 is 11.9 Å². The molecule has 0 fully saturated rings. The summed E-state index contributed by atoms with van der Waals surface area (Å²) >= 11 is 0. The van der Waals surface area contributed by atoms with E-state index in [1.165, 1.54) is 26.2 Å². The summed E-state index contributed by atoms with van der Waals surface area (Å²) in [5, 5.41) is 11.6. The van der Waals surface area contributed by atoms with E-state index >= 15 is 0 Å². The molecule has 0 bridgehead atoms. The molecule has 2 N–H and O–H groups in total. The van der Waals surface area contributed by atoms with Crippen LogP contribution in [0.5, 0.6) is 0 Å². The van der Waals surface area contributed by atoms with E-state index in [0.29, 0.717) is 0 Å². The molecule has 0 heterocycles. The van der Waals surface area contributed by atoms with Crippen molar-refractivity contribution in [3.63, 3.8) is 0 Å². The van der Waals surface area contributed by atoms with Crippen LogP contribution < -0.4 is 5.32 Å². The van der Waals surface area contributed by atoms with E-state index in [1.807, 2.05) is 0 Å². The van der Waals surface area contributed by atoms with Crippen molar-refractivity contribution in [3.8, 4) is 0 Å². The topological polar surface area (TPSA) is 102 Å². The number of rotatable bonds is 6. The summed E-state index contributed by atoms with van der Waals surface area (Å²) in [5.74, 6) is -1.81. The zero-order chi connectivity index (χ0) is 14.1. The number of carbonyl (C=O) groups is 3. The Bertz CT molecular complexity index is 338. The lowest BCUT2D eigenvalue weighted by molar-refractivity contribution is -0.150. The van der Waals surface area contributed by atoms with Crippen molar-refractivity contribution in [2.24, 2.45) is 0 Å². The Morgan fingerprint density at radius 1 is 1.22 bits per heavy atom. The van der Waals surface area contributed by atoms with Gasteiger partial charge in [0.2, 0.25) is 5.91 Å². The van der Waals surface area contributed by atoms with Crippen molar-refractivity contribution in [3.05, 3.63) is 12.2 Å². The zero-order valence-electron chi connectivity index (χ0n) is 10.5. The molecule has 0 aromatic rings. The molecule has 7 heteroatoms. The molecule has 0 spiro atoms. The fraction of sp³-hybridized carbons (Fsp3) is 0.545. The number of hydrogen-bond donors (Lipinski definition) is 2. The molecule has 18 heavy (non-hydrogen) atoms. The number of methoxy groups -OCH3 is 2. The SMILES string of the molecule is COC(=O)[C@H](/C=C/C[C@H](O)C(=O)OC)NC(C)=O. The maximum absolute atomic E-state index is 11.3. The predicted molar refractivity (Wildman–Crippen MR) is 61.4 cm³/mol. The van der Waals surface area contributed by atoms with E-state index in [-0.39, 0.29) is 6.42 Å². The third kappa shape index (κ3) is 6.00. The maximum atomic E-state index is 11.3. The minimum Gasteiger partial charge on any atom is -0.467 e. The van der Waals surface area contributed by atoms with Crippen molar-refractivity contribution < 1.29 is 29.0 Å². The number of esters is 2. The number of amides is 1. The van der Waals surface area contributed by atoms with E-state index in [1.54, 1.807) is 0 Å². The van der Waals surface area contributed by atoms with Crippen molar-refractivity contribution in [1.82, 2.24) is 5.32 Å². The predicted octanol–water partition coefficient (Wildman–Crippen LogP) is -0.856. The van der Waals surface area contributed by atoms with Crippen LogP contribution in [0.4, 0.5) is 0 Å². The minimum absolute atomic E-state index is 0.0280. The molecule has 0 saturated heterocycles. The third-order valence-electron chi connectivity index (χ3n) is 1.98. The lowest BCUT2D eigenvalue weighted by Gasteiger charge is -2.11. The summed E-state index contributed by atoms with van der Waals surface area (Å²) in [6.07, 6.45) is 1.39. The molecule has 0 aliphatic heterocycles. The molecule has 0 aliphatic carbocycles. The van der Waals surface area contributed by atoms with Gasteiger partial charge in [-0.1, -0.05) is 12.2 Å². The second kappa shape index (κ2) is 8.24. The highest BCUT2D eigenvalue weighted by Gasteiger charge is 2.17. The van der Waals surface area contributed by atoms with Gasteiger partial charge < -0.3 is 19.9 Å². The molecule has 0 aromatic heterocycles. The standard InChI is InChI=1S/C11H17NO6/c1-7(13)12-8(10(15)17-2)5-4-6-9(14)11(16)18-3/h4-5,8-9,14H,6H2,1-3H3,(H,12,13)/b5-4+/t8-,9-/m0/s1. The van der Waals surface area contributed by atoms with Crippen LogP contribution in [-0.2, 0) is 23.9 Å². The van der Waals surface area contributed by atoms with Gasteiger partial charge in [0.1, 0.15) is 6.04 Å². The fourth-order valence-corrected chi connectivity index (χ4v) is 1.11. The smallest absolute Gasteiger partial charge is 0.335 e. The normalized spacial score (nSPS) is 13.8. The Morgan fingerprint density at radius 2 is 1.78 bits per heavy atom. The summed E-state index contributed by atoms with van der Waals surface area (Å²) < 4.78 is 8.80. The second-order valence-electron chi connectivity index (χ2n) is 3.40. The highest BCUT2D eigenvalue weighted by atomic mass is 16.5. The average molecular weight is 259 g/mol.